The van der Waals surface area contributed by atoms with Gasteiger partial charge in [0, 0.05) is 19.2 Å². The zero-order valence-electron chi connectivity index (χ0n) is 15.3. The molecule has 1 aliphatic rings. The van der Waals surface area contributed by atoms with Crippen LogP contribution in [0.5, 0.6) is 0 Å². The van der Waals surface area contributed by atoms with Gasteiger partial charge in [-0.25, -0.2) is 9.48 Å². The first kappa shape index (κ1) is 18.8. The van der Waals surface area contributed by atoms with Crippen molar-refractivity contribution in [3.63, 3.8) is 0 Å². The highest BCUT2D eigenvalue weighted by Gasteiger charge is 2.22. The van der Waals surface area contributed by atoms with Gasteiger partial charge in [0.2, 0.25) is 0 Å². The van der Waals surface area contributed by atoms with E-state index in [4.69, 9.17) is 4.74 Å². The van der Waals surface area contributed by atoms with E-state index in [0.29, 0.717) is 19.0 Å². The van der Waals surface area contributed by atoms with Crippen LogP contribution in [-0.4, -0.2) is 46.3 Å². The molecule has 0 N–H and O–H groups in total. The number of amides is 1. The van der Waals surface area contributed by atoms with Gasteiger partial charge in [0.25, 0.3) is 11.5 Å². The van der Waals surface area contributed by atoms with Crippen molar-refractivity contribution in [2.24, 2.45) is 5.92 Å². The predicted molar refractivity (Wildman–Crippen MR) is 99.3 cm³/mol. The van der Waals surface area contributed by atoms with Crippen LogP contribution in [0.4, 0.5) is 0 Å². The van der Waals surface area contributed by atoms with E-state index in [1.54, 1.807) is 4.90 Å². The Balaban J connectivity index is 1.62. The van der Waals surface area contributed by atoms with Gasteiger partial charge in [-0.05, 0) is 30.4 Å². The minimum absolute atomic E-state index is 0.00495. The summed E-state index contributed by atoms with van der Waals surface area (Å²) < 4.78 is 6.32. The third-order valence-corrected chi connectivity index (χ3v) is 4.59. The molecule has 7 heteroatoms. The molecule has 0 aliphatic carbocycles. The smallest absolute Gasteiger partial charge is 0.359 e. The topological polar surface area (TPSA) is 81.5 Å². The Kier molecular flexibility index (Phi) is 6.01. The van der Waals surface area contributed by atoms with Crippen molar-refractivity contribution in [1.82, 2.24) is 14.7 Å². The molecule has 7 nitrogen and oxygen atoms in total. The average molecular weight is 369 g/mol. The van der Waals surface area contributed by atoms with Crippen molar-refractivity contribution in [1.29, 1.82) is 0 Å². The zero-order chi connectivity index (χ0) is 19.2. The summed E-state index contributed by atoms with van der Waals surface area (Å²) in [5, 5.41) is 4.07. The molecule has 1 atom stereocenters. The van der Waals surface area contributed by atoms with E-state index in [1.165, 1.54) is 16.8 Å². The molecular formula is C20H23N3O4. The van der Waals surface area contributed by atoms with Gasteiger partial charge in [-0.3, -0.25) is 9.59 Å². The molecule has 1 saturated heterocycles. The molecule has 3 rings (SSSR count). The number of carbonyl (C=O) groups is 2. The van der Waals surface area contributed by atoms with E-state index >= 15 is 0 Å². The standard InChI is InChI=1S/C20H23N3O4/c1-15-6-5-11-22(12-15)19(25)14-27-20(26)17-9-10-18(24)23(21-17)13-16-7-3-2-4-8-16/h2-4,7-10,15H,5-6,11-14H2,1H3/t15-/m1/s1. The Morgan fingerprint density at radius 3 is 2.70 bits per heavy atom. The van der Waals surface area contributed by atoms with Crippen LogP contribution in [0.25, 0.3) is 0 Å². The summed E-state index contributed by atoms with van der Waals surface area (Å²) in [6.07, 6.45) is 2.07. The molecule has 0 bridgehead atoms. The monoisotopic (exact) mass is 369 g/mol. The van der Waals surface area contributed by atoms with E-state index in [2.05, 4.69) is 12.0 Å². The highest BCUT2D eigenvalue weighted by Crippen LogP contribution is 2.15. The van der Waals surface area contributed by atoms with E-state index in [1.807, 2.05) is 30.3 Å². The largest absolute Gasteiger partial charge is 0.451 e. The van der Waals surface area contributed by atoms with Gasteiger partial charge in [0.15, 0.2) is 12.3 Å². The third kappa shape index (κ3) is 5.03. The molecule has 27 heavy (non-hydrogen) atoms. The predicted octanol–water partition coefficient (Wildman–Crippen LogP) is 1.71. The van der Waals surface area contributed by atoms with Crippen molar-refractivity contribution in [2.45, 2.75) is 26.3 Å². The number of hydrogen-bond donors (Lipinski definition) is 0. The van der Waals surface area contributed by atoms with Crippen LogP contribution in [0.15, 0.2) is 47.3 Å². The van der Waals surface area contributed by atoms with Crippen LogP contribution in [0.1, 0.15) is 35.8 Å². The van der Waals surface area contributed by atoms with Crippen LogP contribution in [-0.2, 0) is 16.1 Å². The van der Waals surface area contributed by atoms with Gasteiger partial charge in [-0.15, -0.1) is 0 Å². The first-order valence-electron chi connectivity index (χ1n) is 9.10. The number of piperidine rings is 1. The highest BCUT2D eigenvalue weighted by molar-refractivity contribution is 5.89. The summed E-state index contributed by atoms with van der Waals surface area (Å²) in [5.74, 6) is -0.454. The van der Waals surface area contributed by atoms with Crippen molar-refractivity contribution >= 4 is 11.9 Å². The van der Waals surface area contributed by atoms with E-state index in [0.717, 1.165) is 18.4 Å². The first-order valence-corrected chi connectivity index (χ1v) is 9.10. The maximum absolute atomic E-state index is 12.2. The molecule has 142 valence electrons. The molecule has 1 aliphatic heterocycles. The quantitative estimate of drug-likeness (QED) is 0.750. The molecule has 0 spiro atoms. The second kappa shape index (κ2) is 8.62. The van der Waals surface area contributed by atoms with Crippen LogP contribution in [0.2, 0.25) is 0 Å². The summed E-state index contributed by atoms with van der Waals surface area (Å²) in [6.45, 7) is 3.43. The molecule has 1 aromatic heterocycles. The highest BCUT2D eigenvalue weighted by atomic mass is 16.5. The second-order valence-electron chi connectivity index (χ2n) is 6.86. The number of benzene rings is 1. The lowest BCUT2D eigenvalue weighted by molar-refractivity contribution is -0.136. The average Bonchev–Trinajstić information content (AvgIpc) is 2.68. The van der Waals surface area contributed by atoms with Gasteiger partial charge in [0.05, 0.1) is 6.54 Å². The van der Waals surface area contributed by atoms with Crippen molar-refractivity contribution < 1.29 is 14.3 Å². The molecule has 1 fully saturated rings. The number of rotatable bonds is 5. The number of nitrogens with zero attached hydrogens (tertiary/aromatic N) is 3. The maximum Gasteiger partial charge on any atom is 0.359 e. The number of esters is 1. The molecule has 1 amide bonds. The maximum atomic E-state index is 12.2. The number of ether oxygens (including phenoxy) is 1. The number of aromatic nitrogens is 2. The van der Waals surface area contributed by atoms with Gasteiger partial charge in [-0.2, -0.15) is 5.10 Å². The summed E-state index contributed by atoms with van der Waals surface area (Å²) in [5.41, 5.74) is 0.589. The molecular weight excluding hydrogens is 346 g/mol. The normalized spacial score (nSPS) is 16.8. The van der Waals surface area contributed by atoms with Crippen LogP contribution in [0, 0.1) is 5.92 Å². The third-order valence-electron chi connectivity index (χ3n) is 4.59. The van der Waals surface area contributed by atoms with E-state index in [-0.39, 0.29) is 30.3 Å². The minimum Gasteiger partial charge on any atom is -0.451 e. The molecule has 2 aromatic rings. The van der Waals surface area contributed by atoms with Gasteiger partial charge in [0.1, 0.15) is 0 Å². The Labute approximate surface area is 157 Å². The van der Waals surface area contributed by atoms with Crippen LogP contribution < -0.4 is 5.56 Å². The summed E-state index contributed by atoms with van der Waals surface area (Å²) in [6, 6.07) is 12.0. The van der Waals surface area contributed by atoms with Crippen LogP contribution in [0.3, 0.4) is 0 Å². The van der Waals surface area contributed by atoms with Crippen molar-refractivity contribution in [3.05, 3.63) is 64.1 Å². The van der Waals surface area contributed by atoms with Crippen molar-refractivity contribution in [2.75, 3.05) is 19.7 Å². The van der Waals surface area contributed by atoms with Gasteiger partial charge >= 0.3 is 5.97 Å². The Bertz CT molecular complexity index is 863. The summed E-state index contributed by atoms with van der Waals surface area (Å²) in [7, 11) is 0. The fourth-order valence-electron chi connectivity index (χ4n) is 3.14. The number of carbonyl (C=O) groups excluding carboxylic acids is 2. The Morgan fingerprint density at radius 1 is 1.19 bits per heavy atom. The van der Waals surface area contributed by atoms with Crippen LogP contribution >= 0.6 is 0 Å². The van der Waals surface area contributed by atoms with E-state index < -0.39 is 5.97 Å². The number of likely N-dealkylation sites (tertiary alicyclic amines) is 1. The summed E-state index contributed by atoms with van der Waals surface area (Å²) in [4.78, 5) is 38.2. The summed E-state index contributed by atoms with van der Waals surface area (Å²) >= 11 is 0. The van der Waals surface area contributed by atoms with Crippen molar-refractivity contribution in [3.8, 4) is 0 Å². The lowest BCUT2D eigenvalue weighted by atomic mass is 10.0. The molecule has 0 radical (unpaired) electrons. The molecule has 2 heterocycles. The molecule has 0 saturated carbocycles. The Hall–Kier alpha value is -2.96. The second-order valence-corrected chi connectivity index (χ2v) is 6.86. The SMILES string of the molecule is C[C@@H]1CCCN(C(=O)COC(=O)c2ccc(=O)n(Cc3ccccc3)n2)C1. The zero-order valence-corrected chi connectivity index (χ0v) is 15.3. The Morgan fingerprint density at radius 2 is 1.96 bits per heavy atom. The molecule has 0 unspecified atom stereocenters. The fourth-order valence-corrected chi connectivity index (χ4v) is 3.14. The number of hydrogen-bond acceptors (Lipinski definition) is 5. The minimum atomic E-state index is -0.713. The lowest BCUT2D eigenvalue weighted by Gasteiger charge is -2.30. The van der Waals surface area contributed by atoms with Gasteiger partial charge < -0.3 is 9.64 Å². The lowest BCUT2D eigenvalue weighted by Crippen LogP contribution is -2.41. The fraction of sp³-hybridized carbons (Fsp3) is 0.400. The first-order chi connectivity index (χ1) is 13.0. The van der Waals surface area contributed by atoms with E-state index in [9.17, 15) is 14.4 Å². The van der Waals surface area contributed by atoms with Gasteiger partial charge in [-0.1, -0.05) is 37.3 Å². The molecule has 1 aromatic carbocycles.